The van der Waals surface area contributed by atoms with E-state index < -0.39 is 45.2 Å². The first-order valence-electron chi connectivity index (χ1n) is 13.4. The summed E-state index contributed by atoms with van der Waals surface area (Å²) in [4.78, 5) is 53.5. The molecule has 214 valence electrons. The molecule has 1 saturated carbocycles. The molecule has 0 bridgehead atoms. The van der Waals surface area contributed by atoms with Crippen molar-refractivity contribution in [1.82, 2.24) is 9.80 Å². The number of para-hydroxylation sites is 1. The molecule has 2 saturated heterocycles. The van der Waals surface area contributed by atoms with E-state index in [2.05, 4.69) is 15.9 Å². The molecule has 11 heteroatoms. The van der Waals surface area contributed by atoms with Gasteiger partial charge in [0.1, 0.15) is 0 Å². The summed E-state index contributed by atoms with van der Waals surface area (Å²) in [6.07, 6.45) is 1.98. The zero-order valence-corrected chi connectivity index (χ0v) is 25.2. The van der Waals surface area contributed by atoms with Crippen LogP contribution in [-0.2, 0) is 25.7 Å². The maximum atomic E-state index is 14.0. The smallest absolute Gasteiger partial charge is 0.254 e. The number of carbonyl (C=O) groups is 4. The molecule has 2 aromatic rings. The largest absolute Gasteiger partial charge is 0.504 e. The van der Waals surface area contributed by atoms with E-state index in [9.17, 15) is 24.3 Å². The van der Waals surface area contributed by atoms with Gasteiger partial charge in [-0.15, -0.1) is 23.2 Å². The minimum Gasteiger partial charge on any atom is -0.504 e. The number of rotatable bonds is 6. The fourth-order valence-corrected chi connectivity index (χ4v) is 8.55. The normalized spacial score (nSPS) is 32.5. The summed E-state index contributed by atoms with van der Waals surface area (Å²) in [7, 11) is 0. The van der Waals surface area contributed by atoms with Crippen molar-refractivity contribution in [2.45, 2.75) is 42.0 Å². The SMILES string of the molecule is CCOc1cccc([C@H]2C3=CC[C@@H]4C(=O)N(Cc5ccccc5)C(=O)[C@@H]4[C@@H]3C[C@@]3(Cl)C(=O)N(CBr)C(=O)[C@@]23Cl)c1O. The van der Waals surface area contributed by atoms with E-state index in [0.29, 0.717) is 5.57 Å². The number of alkyl halides is 3. The highest BCUT2D eigenvalue weighted by molar-refractivity contribution is 9.09. The lowest BCUT2D eigenvalue weighted by atomic mass is 9.56. The van der Waals surface area contributed by atoms with Crippen LogP contribution in [0.15, 0.2) is 60.2 Å². The molecule has 6 atom stereocenters. The van der Waals surface area contributed by atoms with Crippen LogP contribution in [0.25, 0.3) is 0 Å². The van der Waals surface area contributed by atoms with Gasteiger partial charge in [0.2, 0.25) is 11.8 Å². The Bertz CT molecular complexity index is 1500. The number of halogens is 3. The van der Waals surface area contributed by atoms with Gasteiger partial charge in [-0.05, 0) is 37.3 Å². The summed E-state index contributed by atoms with van der Waals surface area (Å²) in [5, 5.41) is 11.3. The highest BCUT2D eigenvalue weighted by Crippen LogP contribution is 2.66. The maximum absolute atomic E-state index is 14.0. The number of phenols is 1. The number of fused-ring (bicyclic) bond motifs is 4. The van der Waals surface area contributed by atoms with Crippen molar-refractivity contribution in [1.29, 1.82) is 0 Å². The second kappa shape index (κ2) is 10.1. The number of aromatic hydroxyl groups is 1. The summed E-state index contributed by atoms with van der Waals surface area (Å²) >= 11 is 17.7. The number of likely N-dealkylation sites (tertiary alicyclic amines) is 2. The second-order valence-corrected chi connectivity index (χ2v) is 12.6. The maximum Gasteiger partial charge on any atom is 0.254 e. The molecule has 2 heterocycles. The quantitative estimate of drug-likeness (QED) is 0.208. The van der Waals surface area contributed by atoms with Gasteiger partial charge in [-0.3, -0.25) is 29.0 Å². The molecule has 0 aromatic heterocycles. The minimum absolute atomic E-state index is 0.111. The van der Waals surface area contributed by atoms with Gasteiger partial charge in [0.25, 0.3) is 11.8 Å². The zero-order chi connectivity index (χ0) is 29.3. The molecule has 8 nitrogen and oxygen atoms in total. The lowest BCUT2D eigenvalue weighted by Gasteiger charge is -2.50. The summed E-state index contributed by atoms with van der Waals surface area (Å²) in [5.74, 6) is -5.17. The average molecular weight is 662 g/mol. The third kappa shape index (κ3) is 3.85. The van der Waals surface area contributed by atoms with Gasteiger partial charge in [0.05, 0.1) is 30.4 Å². The van der Waals surface area contributed by atoms with Crippen LogP contribution in [0.5, 0.6) is 11.5 Å². The molecule has 0 radical (unpaired) electrons. The van der Waals surface area contributed by atoms with Crippen LogP contribution < -0.4 is 4.74 Å². The van der Waals surface area contributed by atoms with Gasteiger partial charge in [0.15, 0.2) is 21.2 Å². The second-order valence-electron chi connectivity index (χ2n) is 10.9. The predicted molar refractivity (Wildman–Crippen MR) is 155 cm³/mol. The fraction of sp³-hybridized carbons (Fsp3) is 0.400. The number of nitrogens with zero attached hydrogens (tertiary/aromatic N) is 2. The summed E-state index contributed by atoms with van der Waals surface area (Å²) < 4.78 is 5.61. The van der Waals surface area contributed by atoms with Gasteiger partial charge >= 0.3 is 0 Å². The number of hydrogen-bond acceptors (Lipinski definition) is 6. The molecular weight excluding hydrogens is 635 g/mol. The number of phenolic OH excluding ortho intramolecular Hbond substituents is 1. The first-order valence-corrected chi connectivity index (χ1v) is 15.3. The van der Waals surface area contributed by atoms with Crippen molar-refractivity contribution in [3.8, 4) is 11.5 Å². The molecule has 1 N–H and O–H groups in total. The topological polar surface area (TPSA) is 104 Å². The molecule has 6 rings (SSSR count). The van der Waals surface area contributed by atoms with Gasteiger partial charge < -0.3 is 9.84 Å². The number of benzene rings is 2. The molecular formula is C30H27BrCl2N2O6. The van der Waals surface area contributed by atoms with Crippen molar-refractivity contribution in [2.24, 2.45) is 17.8 Å². The first-order chi connectivity index (χ1) is 19.6. The summed E-state index contributed by atoms with van der Waals surface area (Å²) in [5.41, 5.74) is 1.57. The fourth-order valence-electron chi connectivity index (χ4n) is 7.13. The molecule has 4 aliphatic rings. The number of ether oxygens (including phenoxy) is 1. The lowest BCUT2D eigenvalue weighted by molar-refractivity contribution is -0.141. The molecule has 4 amide bonds. The number of carbonyl (C=O) groups excluding carboxylic acids is 4. The van der Waals surface area contributed by atoms with Crippen molar-refractivity contribution in [3.63, 3.8) is 0 Å². The Hall–Kier alpha value is -2.88. The number of allylic oxidation sites excluding steroid dienone is 2. The van der Waals surface area contributed by atoms with Crippen LogP contribution >= 0.6 is 39.1 Å². The minimum atomic E-state index is -1.99. The Morgan fingerprint density at radius 3 is 2.39 bits per heavy atom. The number of amides is 4. The van der Waals surface area contributed by atoms with E-state index in [4.69, 9.17) is 27.9 Å². The molecule has 41 heavy (non-hydrogen) atoms. The molecule has 3 fully saturated rings. The Labute approximate surface area is 255 Å². The lowest BCUT2D eigenvalue weighted by Crippen LogP contribution is -2.60. The van der Waals surface area contributed by atoms with Crippen molar-refractivity contribution >= 4 is 62.8 Å². The van der Waals surface area contributed by atoms with E-state index in [1.165, 1.54) is 4.90 Å². The Kier molecular flexibility index (Phi) is 6.98. The molecule has 0 unspecified atom stereocenters. The van der Waals surface area contributed by atoms with E-state index in [1.807, 2.05) is 36.4 Å². The van der Waals surface area contributed by atoms with Crippen LogP contribution in [0.3, 0.4) is 0 Å². The van der Waals surface area contributed by atoms with E-state index in [1.54, 1.807) is 25.1 Å². The van der Waals surface area contributed by atoms with Crippen molar-refractivity contribution in [2.75, 3.05) is 12.1 Å². The predicted octanol–water partition coefficient (Wildman–Crippen LogP) is 4.70. The van der Waals surface area contributed by atoms with Crippen LogP contribution in [0.1, 0.15) is 36.8 Å². The van der Waals surface area contributed by atoms with E-state index in [-0.39, 0.29) is 60.3 Å². The van der Waals surface area contributed by atoms with E-state index in [0.717, 1.165) is 10.5 Å². The Morgan fingerprint density at radius 1 is 0.976 bits per heavy atom. The average Bonchev–Trinajstić information content (AvgIpc) is 3.28. The van der Waals surface area contributed by atoms with Crippen LogP contribution in [0.2, 0.25) is 0 Å². The third-order valence-electron chi connectivity index (χ3n) is 8.93. The number of hydrogen-bond donors (Lipinski definition) is 1. The van der Waals surface area contributed by atoms with Crippen molar-refractivity contribution in [3.05, 3.63) is 71.3 Å². The standard InChI is InChI=1S/C30H27BrCl2N2O6/c1-2-41-21-10-6-9-19(24(21)36)23-17-11-12-18-22(26(38)34(25(18)37)14-16-7-4-3-5-8-16)20(17)13-29(32)27(39)35(15-31)28(40)30(23,29)33/h3-11,18,20,22-23,36H,2,12-15H2,1H3/t18-,20+,22-,23+,29+,30-/m0/s1. The highest BCUT2D eigenvalue weighted by atomic mass is 79.9. The van der Waals surface area contributed by atoms with Crippen LogP contribution in [-0.4, -0.2) is 60.3 Å². The van der Waals surface area contributed by atoms with Crippen LogP contribution in [0, 0.1) is 17.8 Å². The Balaban J connectivity index is 1.50. The monoisotopic (exact) mass is 660 g/mol. The van der Waals surface area contributed by atoms with Gasteiger partial charge in [0, 0.05) is 11.5 Å². The summed E-state index contributed by atoms with van der Waals surface area (Å²) in [6, 6.07) is 14.1. The van der Waals surface area contributed by atoms with E-state index >= 15 is 0 Å². The molecule has 0 spiro atoms. The highest BCUT2D eigenvalue weighted by Gasteiger charge is 2.76. The first kappa shape index (κ1) is 28.2. The van der Waals surface area contributed by atoms with Crippen molar-refractivity contribution < 1.29 is 29.0 Å². The third-order valence-corrected chi connectivity index (χ3v) is 10.8. The Morgan fingerprint density at radius 2 is 1.71 bits per heavy atom. The molecule has 2 aromatic carbocycles. The molecule has 2 aliphatic carbocycles. The number of imide groups is 2. The van der Waals surface area contributed by atoms with Gasteiger partial charge in [-0.25, -0.2) is 0 Å². The van der Waals surface area contributed by atoms with Gasteiger partial charge in [-0.1, -0.05) is 70.0 Å². The summed E-state index contributed by atoms with van der Waals surface area (Å²) in [6.45, 7) is 2.19. The molecule has 2 aliphatic heterocycles. The zero-order valence-electron chi connectivity index (χ0n) is 22.1. The van der Waals surface area contributed by atoms with Crippen LogP contribution in [0.4, 0.5) is 0 Å². The van der Waals surface area contributed by atoms with Gasteiger partial charge in [-0.2, -0.15) is 0 Å².